The normalized spacial score (nSPS) is 11.0. The maximum Gasteiger partial charge on any atom is 0.343 e. The van der Waals surface area contributed by atoms with E-state index in [4.69, 9.17) is 4.74 Å². The van der Waals surface area contributed by atoms with Crippen molar-refractivity contribution in [1.29, 1.82) is 0 Å². The predicted octanol–water partition coefficient (Wildman–Crippen LogP) is 8.15. The highest BCUT2D eigenvalue weighted by Gasteiger charge is 2.20. The van der Waals surface area contributed by atoms with Gasteiger partial charge in [0.1, 0.15) is 5.75 Å². The van der Waals surface area contributed by atoms with Gasteiger partial charge >= 0.3 is 5.97 Å². The Morgan fingerprint density at radius 2 is 1.18 bits per heavy atom. The molecule has 0 heterocycles. The van der Waals surface area contributed by atoms with Crippen molar-refractivity contribution in [2.75, 3.05) is 4.90 Å². The van der Waals surface area contributed by atoms with Crippen molar-refractivity contribution in [1.82, 2.24) is 0 Å². The van der Waals surface area contributed by atoms with E-state index in [1.807, 2.05) is 30.3 Å². The van der Waals surface area contributed by atoms with E-state index in [-0.39, 0.29) is 5.91 Å². The monoisotopic (exact) mass is 519 g/mol. The van der Waals surface area contributed by atoms with Crippen molar-refractivity contribution in [2.45, 2.75) is 47.1 Å². The van der Waals surface area contributed by atoms with Gasteiger partial charge in [0, 0.05) is 11.3 Å². The summed E-state index contributed by atoms with van der Waals surface area (Å²) in [4.78, 5) is 28.5. The quantitative estimate of drug-likeness (QED) is 0.157. The number of hydrogen-bond donors (Lipinski definition) is 0. The van der Waals surface area contributed by atoms with Crippen molar-refractivity contribution in [3.05, 3.63) is 131 Å². The van der Waals surface area contributed by atoms with E-state index in [9.17, 15) is 9.59 Å². The summed E-state index contributed by atoms with van der Waals surface area (Å²) in [7, 11) is 0. The Labute approximate surface area is 232 Å². The summed E-state index contributed by atoms with van der Waals surface area (Å²) in [5, 5.41) is 0. The van der Waals surface area contributed by atoms with Crippen LogP contribution in [0, 0.1) is 11.8 Å². The number of anilines is 1. The molecule has 4 rings (SSSR count). The van der Waals surface area contributed by atoms with Crippen molar-refractivity contribution in [2.24, 2.45) is 11.8 Å². The fraction of sp³-hybridized carbons (Fsp3) is 0.257. The summed E-state index contributed by atoms with van der Waals surface area (Å²) < 4.78 is 5.50. The Morgan fingerprint density at radius 3 is 1.77 bits per heavy atom. The zero-order valence-corrected chi connectivity index (χ0v) is 23.3. The SMILES string of the molecule is CC(C)Cc1ccc(CN(C(=O)c2cccc(C(=O)Oc3ccccc3)c2)c2ccc(CC(C)C)cc2)cc1. The average Bonchev–Trinajstić information content (AvgIpc) is 2.93. The number of para-hydroxylation sites is 1. The van der Waals surface area contributed by atoms with Gasteiger partial charge in [-0.3, -0.25) is 4.79 Å². The number of rotatable bonds is 10. The molecule has 4 aromatic rings. The molecule has 0 aliphatic carbocycles. The zero-order chi connectivity index (χ0) is 27.8. The molecule has 0 atom stereocenters. The minimum atomic E-state index is -0.499. The van der Waals surface area contributed by atoms with Crippen LogP contribution < -0.4 is 9.64 Å². The Kier molecular flexibility index (Phi) is 9.32. The number of carbonyl (C=O) groups excluding carboxylic acids is 2. The summed E-state index contributed by atoms with van der Waals surface area (Å²) in [6, 6.07) is 32.4. The lowest BCUT2D eigenvalue weighted by molar-refractivity contribution is 0.0734. The number of ether oxygens (including phenoxy) is 1. The standard InChI is InChI=1S/C35H37NO3/c1-25(2)21-27-13-15-29(16-14-27)24-36(32-19-17-28(18-20-32)22-26(3)4)34(37)30-9-8-10-31(23-30)35(38)39-33-11-6-5-7-12-33/h5-20,23,25-26H,21-22,24H2,1-4H3. The van der Waals surface area contributed by atoms with Crippen LogP contribution >= 0.6 is 0 Å². The van der Waals surface area contributed by atoms with Crippen LogP contribution in [0.5, 0.6) is 5.75 Å². The molecule has 1 amide bonds. The van der Waals surface area contributed by atoms with E-state index in [0.29, 0.717) is 35.3 Å². The molecule has 0 aromatic heterocycles. The molecule has 0 N–H and O–H groups in total. The van der Waals surface area contributed by atoms with Gasteiger partial charge in [0.25, 0.3) is 5.91 Å². The lowest BCUT2D eigenvalue weighted by Gasteiger charge is -2.24. The Bertz CT molecular complexity index is 1370. The first-order valence-corrected chi connectivity index (χ1v) is 13.6. The molecule has 0 fully saturated rings. The molecule has 0 spiro atoms. The fourth-order valence-corrected chi connectivity index (χ4v) is 4.59. The van der Waals surface area contributed by atoms with E-state index >= 15 is 0 Å². The molecule has 0 radical (unpaired) electrons. The molecular weight excluding hydrogens is 482 g/mol. The van der Waals surface area contributed by atoms with Crippen LogP contribution in [0.1, 0.15) is 65.1 Å². The molecular formula is C35H37NO3. The molecule has 200 valence electrons. The highest BCUT2D eigenvalue weighted by molar-refractivity contribution is 6.07. The summed E-state index contributed by atoms with van der Waals surface area (Å²) in [6.07, 6.45) is 2.00. The molecule has 4 nitrogen and oxygen atoms in total. The van der Waals surface area contributed by atoms with E-state index in [0.717, 1.165) is 24.1 Å². The molecule has 0 bridgehead atoms. The third kappa shape index (κ3) is 7.90. The van der Waals surface area contributed by atoms with Crippen molar-refractivity contribution < 1.29 is 14.3 Å². The topological polar surface area (TPSA) is 46.6 Å². The van der Waals surface area contributed by atoms with Gasteiger partial charge in [0.05, 0.1) is 12.1 Å². The van der Waals surface area contributed by atoms with Crippen LogP contribution in [0.3, 0.4) is 0 Å². The molecule has 4 aromatic carbocycles. The third-order valence-corrected chi connectivity index (χ3v) is 6.44. The molecule has 0 aliphatic rings. The molecule has 4 heteroatoms. The van der Waals surface area contributed by atoms with Gasteiger partial charge < -0.3 is 9.64 Å². The minimum Gasteiger partial charge on any atom is -0.423 e. The fourth-order valence-electron chi connectivity index (χ4n) is 4.59. The zero-order valence-electron chi connectivity index (χ0n) is 23.3. The predicted molar refractivity (Wildman–Crippen MR) is 158 cm³/mol. The van der Waals surface area contributed by atoms with E-state index in [2.05, 4.69) is 64.1 Å². The van der Waals surface area contributed by atoms with Crippen LogP contribution in [0.4, 0.5) is 5.69 Å². The van der Waals surface area contributed by atoms with Gasteiger partial charge in [-0.15, -0.1) is 0 Å². The second kappa shape index (κ2) is 13.1. The number of esters is 1. The first kappa shape index (κ1) is 27.8. The summed E-state index contributed by atoms with van der Waals surface area (Å²) >= 11 is 0. The van der Waals surface area contributed by atoms with Gasteiger partial charge in [-0.2, -0.15) is 0 Å². The van der Waals surface area contributed by atoms with E-state index < -0.39 is 5.97 Å². The van der Waals surface area contributed by atoms with Crippen molar-refractivity contribution >= 4 is 17.6 Å². The Morgan fingerprint density at radius 1 is 0.641 bits per heavy atom. The average molecular weight is 520 g/mol. The smallest absolute Gasteiger partial charge is 0.343 e. The second-order valence-corrected chi connectivity index (χ2v) is 10.9. The third-order valence-electron chi connectivity index (χ3n) is 6.44. The number of carbonyl (C=O) groups is 2. The minimum absolute atomic E-state index is 0.174. The second-order valence-electron chi connectivity index (χ2n) is 10.9. The van der Waals surface area contributed by atoms with Crippen LogP contribution in [0.25, 0.3) is 0 Å². The van der Waals surface area contributed by atoms with Gasteiger partial charge in [-0.1, -0.05) is 88.4 Å². The van der Waals surface area contributed by atoms with E-state index in [1.165, 1.54) is 11.1 Å². The number of hydrogen-bond acceptors (Lipinski definition) is 3. The lowest BCUT2D eigenvalue weighted by Crippen LogP contribution is -2.30. The van der Waals surface area contributed by atoms with E-state index in [1.54, 1.807) is 41.3 Å². The van der Waals surface area contributed by atoms with Gasteiger partial charge in [0.2, 0.25) is 0 Å². The molecule has 39 heavy (non-hydrogen) atoms. The first-order chi connectivity index (χ1) is 18.8. The molecule has 0 saturated carbocycles. The molecule has 0 aliphatic heterocycles. The van der Waals surface area contributed by atoms with Crippen LogP contribution in [0.2, 0.25) is 0 Å². The maximum absolute atomic E-state index is 13.9. The van der Waals surface area contributed by atoms with Crippen molar-refractivity contribution in [3.8, 4) is 5.75 Å². The van der Waals surface area contributed by atoms with Gasteiger partial charge in [-0.05, 0) is 83.8 Å². The highest BCUT2D eigenvalue weighted by Crippen LogP contribution is 2.24. The van der Waals surface area contributed by atoms with Crippen LogP contribution in [-0.2, 0) is 19.4 Å². The molecule has 0 saturated heterocycles. The Balaban J connectivity index is 1.61. The molecule has 0 unspecified atom stereocenters. The van der Waals surface area contributed by atoms with Crippen LogP contribution in [-0.4, -0.2) is 11.9 Å². The highest BCUT2D eigenvalue weighted by atomic mass is 16.5. The summed E-state index contributed by atoms with van der Waals surface area (Å²) in [6.45, 7) is 9.23. The number of amides is 1. The first-order valence-electron chi connectivity index (χ1n) is 13.6. The van der Waals surface area contributed by atoms with Gasteiger partial charge in [-0.25, -0.2) is 4.79 Å². The lowest BCUT2D eigenvalue weighted by atomic mass is 10.0. The number of nitrogens with zero attached hydrogens (tertiary/aromatic N) is 1. The summed E-state index contributed by atoms with van der Waals surface area (Å²) in [5.74, 6) is 0.923. The van der Waals surface area contributed by atoms with Gasteiger partial charge in [0.15, 0.2) is 0 Å². The van der Waals surface area contributed by atoms with Crippen molar-refractivity contribution in [3.63, 3.8) is 0 Å². The largest absolute Gasteiger partial charge is 0.423 e. The Hall–Kier alpha value is -4.18. The maximum atomic E-state index is 13.9. The van der Waals surface area contributed by atoms with Crippen LogP contribution in [0.15, 0.2) is 103 Å². The summed E-state index contributed by atoms with van der Waals surface area (Å²) in [5.41, 5.74) is 5.15. The number of benzene rings is 4.